The van der Waals surface area contributed by atoms with Crippen molar-refractivity contribution in [3.8, 4) is 11.4 Å². The van der Waals surface area contributed by atoms with Crippen molar-refractivity contribution in [3.05, 3.63) is 41.5 Å². The van der Waals surface area contributed by atoms with Gasteiger partial charge in [0.15, 0.2) is 11.4 Å². The molecule has 0 fully saturated rings. The molecule has 6 heteroatoms. The minimum atomic E-state index is -0.417. The van der Waals surface area contributed by atoms with E-state index in [9.17, 15) is 14.3 Å². The van der Waals surface area contributed by atoms with E-state index in [1.807, 2.05) is 6.92 Å². The summed E-state index contributed by atoms with van der Waals surface area (Å²) in [5.41, 5.74) is 1.24. The van der Waals surface area contributed by atoms with Crippen LogP contribution in [-0.4, -0.2) is 27.3 Å². The molecular formula is C15H18FN3O2. The first-order valence-electron chi connectivity index (χ1n) is 6.86. The van der Waals surface area contributed by atoms with Crippen LogP contribution in [0.1, 0.15) is 35.8 Å². The van der Waals surface area contributed by atoms with Crippen LogP contribution in [0.2, 0.25) is 0 Å². The zero-order valence-electron chi connectivity index (χ0n) is 12.1. The Morgan fingerprint density at radius 2 is 2.24 bits per heavy atom. The van der Waals surface area contributed by atoms with Crippen molar-refractivity contribution in [2.24, 2.45) is 0 Å². The summed E-state index contributed by atoms with van der Waals surface area (Å²) in [6.07, 6.45) is 3.18. The van der Waals surface area contributed by atoms with E-state index in [0.29, 0.717) is 17.8 Å². The number of aryl methyl sites for hydroxylation is 1. The maximum atomic E-state index is 13.1. The molecule has 0 saturated heterocycles. The van der Waals surface area contributed by atoms with E-state index >= 15 is 0 Å². The van der Waals surface area contributed by atoms with Crippen molar-refractivity contribution in [1.82, 2.24) is 15.1 Å². The van der Waals surface area contributed by atoms with Crippen LogP contribution in [0.3, 0.4) is 0 Å². The summed E-state index contributed by atoms with van der Waals surface area (Å²) in [4.78, 5) is 11.9. The van der Waals surface area contributed by atoms with E-state index < -0.39 is 5.91 Å². The third kappa shape index (κ3) is 3.39. The second-order valence-electron chi connectivity index (χ2n) is 4.85. The van der Waals surface area contributed by atoms with E-state index in [4.69, 9.17) is 0 Å². The largest absolute Gasteiger partial charge is 0.504 e. The Kier molecular flexibility index (Phi) is 4.57. The molecule has 112 valence electrons. The topological polar surface area (TPSA) is 67.2 Å². The average Bonchev–Trinajstić information content (AvgIpc) is 2.80. The molecule has 21 heavy (non-hydrogen) atoms. The van der Waals surface area contributed by atoms with Crippen LogP contribution in [-0.2, 0) is 0 Å². The summed E-state index contributed by atoms with van der Waals surface area (Å²) in [6, 6.07) is 4.23. The number of aromatic nitrogens is 2. The fraction of sp³-hybridized carbons (Fsp3) is 0.333. The number of nitrogens with zero attached hydrogens (tertiary/aromatic N) is 2. The van der Waals surface area contributed by atoms with Crippen LogP contribution in [0.15, 0.2) is 24.4 Å². The highest BCUT2D eigenvalue weighted by Gasteiger charge is 2.17. The summed E-state index contributed by atoms with van der Waals surface area (Å²) in [5, 5.41) is 16.6. The molecule has 0 atom stereocenters. The van der Waals surface area contributed by atoms with Gasteiger partial charge >= 0.3 is 0 Å². The third-order valence-corrected chi connectivity index (χ3v) is 3.13. The number of unbranched alkanes of at least 4 members (excludes halogenated alkanes) is 1. The quantitative estimate of drug-likeness (QED) is 0.832. The predicted molar refractivity (Wildman–Crippen MR) is 77.2 cm³/mol. The van der Waals surface area contributed by atoms with Gasteiger partial charge in [-0.2, -0.15) is 5.10 Å². The molecule has 1 amide bonds. The lowest BCUT2D eigenvalue weighted by Crippen LogP contribution is -2.25. The number of halogens is 1. The highest BCUT2D eigenvalue weighted by molar-refractivity contribution is 5.94. The Balaban J connectivity index is 2.24. The molecule has 0 aliphatic carbocycles. The van der Waals surface area contributed by atoms with Gasteiger partial charge in [0.05, 0.1) is 11.9 Å². The molecule has 0 saturated carbocycles. The minimum Gasteiger partial charge on any atom is -0.504 e. The molecule has 0 aliphatic rings. The fourth-order valence-corrected chi connectivity index (χ4v) is 1.99. The van der Waals surface area contributed by atoms with Gasteiger partial charge in [0, 0.05) is 6.54 Å². The van der Waals surface area contributed by atoms with Gasteiger partial charge < -0.3 is 10.4 Å². The zero-order valence-corrected chi connectivity index (χ0v) is 12.1. The third-order valence-electron chi connectivity index (χ3n) is 3.13. The molecule has 2 N–H and O–H groups in total. The van der Waals surface area contributed by atoms with Crippen molar-refractivity contribution < 1.29 is 14.3 Å². The van der Waals surface area contributed by atoms with Crippen LogP contribution >= 0.6 is 0 Å². The summed E-state index contributed by atoms with van der Waals surface area (Å²) in [6.45, 7) is 4.30. The molecule has 0 bridgehead atoms. The van der Waals surface area contributed by atoms with Gasteiger partial charge in [0.25, 0.3) is 5.91 Å². The lowest BCUT2D eigenvalue weighted by molar-refractivity contribution is 0.0945. The molecule has 5 nitrogen and oxygen atoms in total. The average molecular weight is 291 g/mol. The zero-order chi connectivity index (χ0) is 15.4. The Hall–Kier alpha value is -2.37. The van der Waals surface area contributed by atoms with E-state index in [1.165, 1.54) is 23.0 Å². The highest BCUT2D eigenvalue weighted by Crippen LogP contribution is 2.20. The van der Waals surface area contributed by atoms with Crippen LogP contribution in [0.4, 0.5) is 4.39 Å². The van der Waals surface area contributed by atoms with Gasteiger partial charge in [0.1, 0.15) is 5.82 Å². The Bertz CT molecular complexity index is 652. The summed E-state index contributed by atoms with van der Waals surface area (Å²) in [5.74, 6) is -0.961. The smallest absolute Gasteiger partial charge is 0.275 e. The number of benzene rings is 1. The van der Waals surface area contributed by atoms with E-state index in [2.05, 4.69) is 10.4 Å². The first kappa shape index (κ1) is 15.0. The first-order valence-corrected chi connectivity index (χ1v) is 6.86. The van der Waals surface area contributed by atoms with Crippen LogP contribution in [0.5, 0.6) is 5.75 Å². The summed E-state index contributed by atoms with van der Waals surface area (Å²) in [7, 11) is 0. The lowest BCUT2D eigenvalue weighted by Gasteiger charge is -2.05. The molecule has 2 aromatic rings. The van der Waals surface area contributed by atoms with Crippen LogP contribution in [0, 0.1) is 12.7 Å². The molecule has 1 heterocycles. The van der Waals surface area contributed by atoms with Crippen molar-refractivity contribution >= 4 is 5.91 Å². The fourth-order valence-electron chi connectivity index (χ4n) is 1.99. The standard InChI is InChI=1S/C15H18FN3O2/c1-3-4-7-17-15(21)14-13(20)9-19(18-14)12-6-5-11(16)8-10(12)2/h5-6,8-9,20H,3-4,7H2,1-2H3,(H,17,21). The van der Waals surface area contributed by atoms with Gasteiger partial charge in [-0.05, 0) is 37.1 Å². The first-order chi connectivity index (χ1) is 10.0. The molecule has 0 unspecified atom stereocenters. The van der Waals surface area contributed by atoms with Gasteiger partial charge in [-0.25, -0.2) is 9.07 Å². The number of hydrogen-bond acceptors (Lipinski definition) is 3. The Morgan fingerprint density at radius 3 is 2.90 bits per heavy atom. The van der Waals surface area contributed by atoms with Crippen molar-refractivity contribution in [2.45, 2.75) is 26.7 Å². The van der Waals surface area contributed by atoms with E-state index in [1.54, 1.807) is 13.0 Å². The SMILES string of the molecule is CCCCNC(=O)c1nn(-c2ccc(F)cc2C)cc1O. The molecular weight excluding hydrogens is 273 g/mol. The number of aromatic hydroxyl groups is 1. The number of carbonyl (C=O) groups excluding carboxylic acids is 1. The number of nitrogens with one attached hydrogen (secondary N) is 1. The lowest BCUT2D eigenvalue weighted by atomic mass is 10.2. The summed E-state index contributed by atoms with van der Waals surface area (Å²) < 4.78 is 14.5. The molecule has 0 radical (unpaired) electrons. The normalized spacial score (nSPS) is 10.6. The van der Waals surface area contributed by atoms with Gasteiger partial charge in [-0.3, -0.25) is 4.79 Å². The number of rotatable bonds is 5. The van der Waals surface area contributed by atoms with Crippen molar-refractivity contribution in [3.63, 3.8) is 0 Å². The monoisotopic (exact) mass is 291 g/mol. The van der Waals surface area contributed by atoms with Gasteiger partial charge in [0.2, 0.25) is 0 Å². The molecule has 2 rings (SSSR count). The van der Waals surface area contributed by atoms with E-state index in [0.717, 1.165) is 12.8 Å². The Labute approximate surface area is 122 Å². The van der Waals surface area contributed by atoms with Crippen LogP contribution < -0.4 is 5.32 Å². The molecule has 1 aromatic heterocycles. The number of carbonyl (C=O) groups is 1. The van der Waals surface area contributed by atoms with E-state index in [-0.39, 0.29) is 17.3 Å². The van der Waals surface area contributed by atoms with Gasteiger partial charge in [-0.15, -0.1) is 0 Å². The maximum absolute atomic E-state index is 13.1. The maximum Gasteiger partial charge on any atom is 0.275 e. The highest BCUT2D eigenvalue weighted by atomic mass is 19.1. The Morgan fingerprint density at radius 1 is 1.48 bits per heavy atom. The predicted octanol–water partition coefficient (Wildman–Crippen LogP) is 2.56. The number of amides is 1. The van der Waals surface area contributed by atoms with Gasteiger partial charge in [-0.1, -0.05) is 13.3 Å². The second-order valence-corrected chi connectivity index (χ2v) is 4.85. The number of hydrogen-bond donors (Lipinski definition) is 2. The second kappa shape index (κ2) is 6.39. The molecule has 0 aliphatic heterocycles. The molecule has 1 aromatic carbocycles. The molecule has 0 spiro atoms. The minimum absolute atomic E-state index is 0.0326. The van der Waals surface area contributed by atoms with Crippen LogP contribution in [0.25, 0.3) is 5.69 Å². The van der Waals surface area contributed by atoms with Crippen molar-refractivity contribution in [1.29, 1.82) is 0 Å². The van der Waals surface area contributed by atoms with Crippen molar-refractivity contribution in [2.75, 3.05) is 6.54 Å². The summed E-state index contributed by atoms with van der Waals surface area (Å²) >= 11 is 0.